The fraction of sp³-hybridized carbons (Fsp3) is 0.467. The van der Waals surface area contributed by atoms with Crippen LogP contribution in [0, 0.1) is 0 Å². The van der Waals surface area contributed by atoms with Gasteiger partial charge in [-0.2, -0.15) is 0 Å². The molecule has 0 amide bonds. The van der Waals surface area contributed by atoms with E-state index in [0.29, 0.717) is 0 Å². The topological polar surface area (TPSA) is 4.93 Å². The molecule has 0 saturated heterocycles. The first-order valence-corrected chi connectivity index (χ1v) is 6.51. The van der Waals surface area contributed by atoms with Crippen LogP contribution < -0.4 is 0 Å². The standard InChI is InChI=1S/C15H19N/c1-2-4-9-14(8-3-1)16-12-11-13-7-5-6-10-15(13)16/h5-7,10-12,14H,1-4,8-9H2. The Hall–Kier alpha value is -1.24. The summed E-state index contributed by atoms with van der Waals surface area (Å²) in [5.74, 6) is 0. The van der Waals surface area contributed by atoms with Crippen LogP contribution in [0.4, 0.5) is 0 Å². The second-order valence-electron chi connectivity index (χ2n) is 4.93. The number of rotatable bonds is 1. The molecule has 84 valence electrons. The van der Waals surface area contributed by atoms with Gasteiger partial charge in [0, 0.05) is 17.8 Å². The number of hydrogen-bond donors (Lipinski definition) is 0. The van der Waals surface area contributed by atoms with E-state index in [1.165, 1.54) is 49.4 Å². The van der Waals surface area contributed by atoms with E-state index in [-0.39, 0.29) is 0 Å². The zero-order valence-corrected chi connectivity index (χ0v) is 9.73. The van der Waals surface area contributed by atoms with Gasteiger partial charge in [0.2, 0.25) is 0 Å². The molecular weight excluding hydrogens is 194 g/mol. The zero-order chi connectivity index (χ0) is 10.8. The van der Waals surface area contributed by atoms with Crippen molar-refractivity contribution < 1.29 is 0 Å². The van der Waals surface area contributed by atoms with Crippen molar-refractivity contribution in [1.82, 2.24) is 4.57 Å². The quantitative estimate of drug-likeness (QED) is 0.613. The molecule has 1 heterocycles. The second kappa shape index (κ2) is 4.32. The number of para-hydroxylation sites is 1. The monoisotopic (exact) mass is 213 g/mol. The van der Waals surface area contributed by atoms with Crippen molar-refractivity contribution in [3.63, 3.8) is 0 Å². The lowest BCUT2D eigenvalue weighted by Crippen LogP contribution is -2.06. The molecule has 1 fully saturated rings. The zero-order valence-electron chi connectivity index (χ0n) is 9.73. The van der Waals surface area contributed by atoms with Crippen LogP contribution >= 0.6 is 0 Å². The summed E-state index contributed by atoms with van der Waals surface area (Å²) in [7, 11) is 0. The molecule has 0 spiro atoms. The molecule has 1 heteroatoms. The van der Waals surface area contributed by atoms with E-state index < -0.39 is 0 Å². The van der Waals surface area contributed by atoms with Crippen LogP contribution in [0.1, 0.15) is 44.6 Å². The Labute approximate surface area is 97.1 Å². The normalized spacial score (nSPS) is 18.8. The molecule has 0 unspecified atom stereocenters. The first-order chi connectivity index (χ1) is 7.95. The minimum atomic E-state index is 0.738. The van der Waals surface area contributed by atoms with Crippen molar-refractivity contribution in [2.45, 2.75) is 44.6 Å². The van der Waals surface area contributed by atoms with Crippen molar-refractivity contribution in [3.8, 4) is 0 Å². The van der Waals surface area contributed by atoms with Crippen LogP contribution in [0.2, 0.25) is 0 Å². The summed E-state index contributed by atoms with van der Waals surface area (Å²) < 4.78 is 2.50. The minimum Gasteiger partial charge on any atom is -0.344 e. The van der Waals surface area contributed by atoms with Gasteiger partial charge in [0.15, 0.2) is 0 Å². The van der Waals surface area contributed by atoms with Crippen molar-refractivity contribution in [2.24, 2.45) is 0 Å². The molecule has 0 radical (unpaired) electrons. The van der Waals surface area contributed by atoms with Crippen molar-refractivity contribution in [2.75, 3.05) is 0 Å². The highest BCUT2D eigenvalue weighted by Gasteiger charge is 2.14. The first-order valence-electron chi connectivity index (χ1n) is 6.51. The number of hydrogen-bond acceptors (Lipinski definition) is 0. The van der Waals surface area contributed by atoms with Crippen LogP contribution in [0.15, 0.2) is 36.5 Å². The van der Waals surface area contributed by atoms with Gasteiger partial charge in [-0.25, -0.2) is 0 Å². The lowest BCUT2D eigenvalue weighted by atomic mass is 10.1. The van der Waals surface area contributed by atoms with E-state index in [2.05, 4.69) is 41.1 Å². The van der Waals surface area contributed by atoms with Crippen LogP contribution in [0.5, 0.6) is 0 Å². The summed E-state index contributed by atoms with van der Waals surface area (Å²) in [5, 5.41) is 1.38. The van der Waals surface area contributed by atoms with Crippen LogP contribution in [0.3, 0.4) is 0 Å². The Balaban J connectivity index is 1.97. The van der Waals surface area contributed by atoms with Crippen LogP contribution in [0.25, 0.3) is 10.9 Å². The van der Waals surface area contributed by atoms with Gasteiger partial charge in [-0.1, -0.05) is 43.9 Å². The third-order valence-corrected chi connectivity index (χ3v) is 3.85. The van der Waals surface area contributed by atoms with Gasteiger partial charge >= 0.3 is 0 Å². The van der Waals surface area contributed by atoms with Gasteiger partial charge in [-0.15, -0.1) is 0 Å². The molecule has 1 aromatic carbocycles. The third-order valence-electron chi connectivity index (χ3n) is 3.85. The largest absolute Gasteiger partial charge is 0.344 e. The van der Waals surface area contributed by atoms with Crippen molar-refractivity contribution in [3.05, 3.63) is 36.5 Å². The molecule has 1 aliphatic rings. The summed E-state index contributed by atoms with van der Waals surface area (Å²) in [6.07, 6.45) is 10.7. The second-order valence-corrected chi connectivity index (χ2v) is 4.93. The molecule has 1 aromatic heterocycles. The molecule has 2 aromatic rings. The first kappa shape index (κ1) is 9.95. The van der Waals surface area contributed by atoms with E-state index in [4.69, 9.17) is 0 Å². The molecule has 0 bridgehead atoms. The Bertz CT molecular complexity index is 461. The van der Waals surface area contributed by atoms with Crippen molar-refractivity contribution >= 4 is 10.9 Å². The smallest absolute Gasteiger partial charge is 0.0482 e. The SMILES string of the molecule is c1ccc2c(c1)ccn2C1CCCCCC1. The Morgan fingerprint density at radius 2 is 1.62 bits per heavy atom. The van der Waals surface area contributed by atoms with Gasteiger partial charge in [-0.3, -0.25) is 0 Å². The van der Waals surface area contributed by atoms with E-state index >= 15 is 0 Å². The maximum Gasteiger partial charge on any atom is 0.0482 e. The van der Waals surface area contributed by atoms with Crippen LogP contribution in [-0.2, 0) is 0 Å². The van der Waals surface area contributed by atoms with E-state index in [1.54, 1.807) is 0 Å². The molecule has 1 nitrogen and oxygen atoms in total. The molecule has 3 rings (SSSR count). The molecule has 1 saturated carbocycles. The highest BCUT2D eigenvalue weighted by atomic mass is 15.0. The molecule has 0 aliphatic heterocycles. The highest BCUT2D eigenvalue weighted by Crippen LogP contribution is 2.30. The van der Waals surface area contributed by atoms with Gasteiger partial charge < -0.3 is 4.57 Å². The number of aromatic nitrogens is 1. The molecule has 16 heavy (non-hydrogen) atoms. The Morgan fingerprint density at radius 1 is 0.875 bits per heavy atom. The number of fused-ring (bicyclic) bond motifs is 1. The summed E-state index contributed by atoms with van der Waals surface area (Å²) in [4.78, 5) is 0. The molecular formula is C15H19N. The number of benzene rings is 1. The highest BCUT2D eigenvalue weighted by molar-refractivity contribution is 5.80. The lowest BCUT2D eigenvalue weighted by Gasteiger charge is -2.17. The predicted octanol–water partition coefficient (Wildman–Crippen LogP) is 4.54. The van der Waals surface area contributed by atoms with Gasteiger partial charge in [0.1, 0.15) is 0 Å². The summed E-state index contributed by atoms with van der Waals surface area (Å²) in [5.41, 5.74) is 1.41. The van der Waals surface area contributed by atoms with Crippen LogP contribution in [-0.4, -0.2) is 4.57 Å². The predicted molar refractivity (Wildman–Crippen MR) is 68.7 cm³/mol. The maximum atomic E-state index is 2.50. The summed E-state index contributed by atoms with van der Waals surface area (Å²) in [6, 6.07) is 11.7. The van der Waals surface area contributed by atoms with E-state index in [1.807, 2.05) is 0 Å². The third kappa shape index (κ3) is 1.75. The van der Waals surface area contributed by atoms with E-state index in [9.17, 15) is 0 Å². The molecule has 0 N–H and O–H groups in total. The van der Waals surface area contributed by atoms with E-state index in [0.717, 1.165) is 6.04 Å². The summed E-state index contributed by atoms with van der Waals surface area (Å²) in [6.45, 7) is 0. The summed E-state index contributed by atoms with van der Waals surface area (Å²) >= 11 is 0. The minimum absolute atomic E-state index is 0.738. The lowest BCUT2D eigenvalue weighted by molar-refractivity contribution is 0.456. The Kier molecular flexibility index (Phi) is 2.69. The van der Waals surface area contributed by atoms with Gasteiger partial charge in [0.05, 0.1) is 0 Å². The number of nitrogens with zero attached hydrogens (tertiary/aromatic N) is 1. The Morgan fingerprint density at radius 3 is 2.44 bits per heavy atom. The average Bonchev–Trinajstić information content (AvgIpc) is 2.57. The molecule has 0 atom stereocenters. The van der Waals surface area contributed by atoms with Gasteiger partial charge in [0.25, 0.3) is 0 Å². The van der Waals surface area contributed by atoms with Crippen molar-refractivity contribution in [1.29, 1.82) is 0 Å². The van der Waals surface area contributed by atoms with Gasteiger partial charge in [-0.05, 0) is 30.4 Å². The molecule has 1 aliphatic carbocycles. The maximum absolute atomic E-state index is 2.50. The fourth-order valence-corrected chi connectivity index (χ4v) is 2.96. The average molecular weight is 213 g/mol. The fourth-order valence-electron chi connectivity index (χ4n) is 2.96.